The Labute approximate surface area is 108 Å². The van der Waals surface area contributed by atoms with Crippen LogP contribution in [-0.4, -0.2) is 47.7 Å². The number of hydrogen-bond acceptors (Lipinski definition) is 5. The van der Waals surface area contributed by atoms with E-state index in [1.165, 1.54) is 0 Å². The van der Waals surface area contributed by atoms with Crippen molar-refractivity contribution in [3.63, 3.8) is 0 Å². The molecule has 0 aliphatic rings. The quantitative estimate of drug-likeness (QED) is 0.682. The summed E-state index contributed by atoms with van der Waals surface area (Å²) >= 11 is 0. The smallest absolute Gasteiger partial charge is 0.162 e. The number of rotatable bonds is 9. The first kappa shape index (κ1) is 14.6. The van der Waals surface area contributed by atoms with Crippen LogP contribution in [0.2, 0.25) is 0 Å². The molecule has 0 radical (unpaired) electrons. The van der Waals surface area contributed by atoms with Gasteiger partial charge in [-0.15, -0.1) is 0 Å². The molecule has 0 amide bonds. The molecule has 0 fully saturated rings. The van der Waals surface area contributed by atoms with Crippen LogP contribution in [0.3, 0.4) is 0 Å². The molecule has 0 heterocycles. The second-order valence-corrected chi connectivity index (χ2v) is 3.60. The third-order valence-electron chi connectivity index (χ3n) is 2.39. The summed E-state index contributed by atoms with van der Waals surface area (Å²) in [5.74, 6) is 1.43. The highest BCUT2D eigenvalue weighted by atomic mass is 16.5. The molecule has 1 aromatic rings. The zero-order chi connectivity index (χ0) is 13.2. The van der Waals surface area contributed by atoms with E-state index < -0.39 is 0 Å². The van der Waals surface area contributed by atoms with Crippen molar-refractivity contribution in [3.8, 4) is 11.5 Å². The molecule has 102 valence electrons. The highest BCUT2D eigenvalue weighted by Crippen LogP contribution is 2.29. The van der Waals surface area contributed by atoms with E-state index in [1.54, 1.807) is 21.3 Å². The van der Waals surface area contributed by atoms with E-state index in [9.17, 15) is 0 Å². The summed E-state index contributed by atoms with van der Waals surface area (Å²) in [7, 11) is 4.90. The van der Waals surface area contributed by atoms with Gasteiger partial charge in [0.2, 0.25) is 0 Å². The van der Waals surface area contributed by atoms with Crippen molar-refractivity contribution in [2.45, 2.75) is 0 Å². The van der Waals surface area contributed by atoms with E-state index >= 15 is 0 Å². The predicted octanol–water partition coefficient (Wildman–Crippen LogP) is 1.78. The first-order valence-corrected chi connectivity index (χ1v) is 5.84. The Morgan fingerprint density at radius 1 is 0.944 bits per heavy atom. The van der Waals surface area contributed by atoms with E-state index in [-0.39, 0.29) is 0 Å². The maximum atomic E-state index is 5.35. The van der Waals surface area contributed by atoms with Crippen LogP contribution in [0.15, 0.2) is 18.2 Å². The molecule has 0 unspecified atom stereocenters. The highest BCUT2D eigenvalue weighted by molar-refractivity contribution is 5.54. The SMILES string of the molecule is COCCOCCNc1ccc(OC)c(OC)c1. The first-order valence-electron chi connectivity index (χ1n) is 5.84. The average molecular weight is 255 g/mol. The van der Waals surface area contributed by atoms with Crippen LogP contribution in [0, 0.1) is 0 Å². The summed E-state index contributed by atoms with van der Waals surface area (Å²) in [4.78, 5) is 0. The number of hydrogen-bond donors (Lipinski definition) is 1. The lowest BCUT2D eigenvalue weighted by molar-refractivity contribution is 0.0759. The molecular formula is C13H21NO4. The van der Waals surface area contributed by atoms with Crippen molar-refractivity contribution >= 4 is 5.69 Å². The summed E-state index contributed by atoms with van der Waals surface area (Å²) in [5.41, 5.74) is 0.975. The van der Waals surface area contributed by atoms with E-state index in [0.29, 0.717) is 25.6 Å². The minimum absolute atomic E-state index is 0.615. The number of nitrogens with one attached hydrogen (secondary N) is 1. The Morgan fingerprint density at radius 3 is 2.39 bits per heavy atom. The second-order valence-electron chi connectivity index (χ2n) is 3.60. The fourth-order valence-electron chi connectivity index (χ4n) is 1.46. The Bertz CT molecular complexity index is 344. The molecule has 0 aromatic heterocycles. The van der Waals surface area contributed by atoms with Gasteiger partial charge in [-0.2, -0.15) is 0 Å². The molecule has 0 atom stereocenters. The molecular weight excluding hydrogens is 234 g/mol. The van der Waals surface area contributed by atoms with Gasteiger partial charge in [0.25, 0.3) is 0 Å². The zero-order valence-corrected chi connectivity index (χ0v) is 11.2. The maximum absolute atomic E-state index is 5.35. The molecule has 18 heavy (non-hydrogen) atoms. The molecule has 5 heteroatoms. The lowest BCUT2D eigenvalue weighted by Gasteiger charge is -2.11. The minimum Gasteiger partial charge on any atom is -0.493 e. The zero-order valence-electron chi connectivity index (χ0n) is 11.2. The molecule has 0 aliphatic carbocycles. The Morgan fingerprint density at radius 2 is 1.72 bits per heavy atom. The van der Waals surface area contributed by atoms with E-state index in [0.717, 1.165) is 18.0 Å². The lowest BCUT2D eigenvalue weighted by Crippen LogP contribution is -2.12. The van der Waals surface area contributed by atoms with Crippen molar-refractivity contribution in [3.05, 3.63) is 18.2 Å². The predicted molar refractivity (Wildman–Crippen MR) is 70.7 cm³/mol. The van der Waals surface area contributed by atoms with Gasteiger partial charge in [-0.3, -0.25) is 0 Å². The summed E-state index contributed by atoms with van der Waals surface area (Å²) in [6.45, 7) is 2.61. The number of benzene rings is 1. The van der Waals surface area contributed by atoms with Crippen LogP contribution in [0.4, 0.5) is 5.69 Å². The third kappa shape index (κ3) is 4.81. The topological polar surface area (TPSA) is 49.0 Å². The van der Waals surface area contributed by atoms with Gasteiger partial charge in [0, 0.05) is 25.4 Å². The highest BCUT2D eigenvalue weighted by Gasteiger charge is 2.03. The fourth-order valence-corrected chi connectivity index (χ4v) is 1.46. The fraction of sp³-hybridized carbons (Fsp3) is 0.538. The van der Waals surface area contributed by atoms with E-state index in [2.05, 4.69) is 5.32 Å². The molecule has 0 saturated carbocycles. The Balaban J connectivity index is 2.34. The van der Waals surface area contributed by atoms with Crippen molar-refractivity contribution in [1.29, 1.82) is 0 Å². The van der Waals surface area contributed by atoms with Gasteiger partial charge in [0.05, 0.1) is 34.0 Å². The van der Waals surface area contributed by atoms with Gasteiger partial charge in [0.15, 0.2) is 11.5 Å². The normalized spacial score (nSPS) is 10.2. The van der Waals surface area contributed by atoms with Crippen LogP contribution in [0.25, 0.3) is 0 Å². The van der Waals surface area contributed by atoms with Crippen molar-refractivity contribution in [2.75, 3.05) is 53.0 Å². The lowest BCUT2D eigenvalue weighted by atomic mass is 10.2. The van der Waals surface area contributed by atoms with E-state index in [4.69, 9.17) is 18.9 Å². The summed E-state index contributed by atoms with van der Waals surface area (Å²) in [6, 6.07) is 5.71. The monoisotopic (exact) mass is 255 g/mol. The molecule has 0 aliphatic heterocycles. The van der Waals surface area contributed by atoms with Crippen LogP contribution >= 0.6 is 0 Å². The number of anilines is 1. The summed E-state index contributed by atoms with van der Waals surface area (Å²) in [6.07, 6.45) is 0. The molecule has 5 nitrogen and oxygen atoms in total. The van der Waals surface area contributed by atoms with Crippen LogP contribution < -0.4 is 14.8 Å². The summed E-state index contributed by atoms with van der Waals surface area (Å²) < 4.78 is 20.6. The van der Waals surface area contributed by atoms with Gasteiger partial charge in [0.1, 0.15) is 0 Å². The minimum atomic E-state index is 0.615. The van der Waals surface area contributed by atoms with Crippen molar-refractivity contribution in [1.82, 2.24) is 0 Å². The van der Waals surface area contributed by atoms with Crippen LogP contribution in [0.5, 0.6) is 11.5 Å². The van der Waals surface area contributed by atoms with Crippen molar-refractivity contribution in [2.24, 2.45) is 0 Å². The summed E-state index contributed by atoms with van der Waals surface area (Å²) in [5, 5.41) is 3.25. The first-order chi connectivity index (χ1) is 8.81. The number of ether oxygens (including phenoxy) is 4. The average Bonchev–Trinajstić information content (AvgIpc) is 2.42. The molecule has 0 spiro atoms. The van der Waals surface area contributed by atoms with E-state index in [1.807, 2.05) is 18.2 Å². The van der Waals surface area contributed by atoms with Gasteiger partial charge in [-0.05, 0) is 12.1 Å². The van der Waals surface area contributed by atoms with Gasteiger partial charge < -0.3 is 24.3 Å². The molecule has 1 aromatic carbocycles. The Hall–Kier alpha value is -1.46. The second kappa shape index (κ2) is 8.60. The van der Waals surface area contributed by atoms with Gasteiger partial charge >= 0.3 is 0 Å². The van der Waals surface area contributed by atoms with Gasteiger partial charge in [-0.25, -0.2) is 0 Å². The van der Waals surface area contributed by atoms with Crippen molar-refractivity contribution < 1.29 is 18.9 Å². The molecule has 1 N–H and O–H groups in total. The Kier molecular flexibility index (Phi) is 6.98. The largest absolute Gasteiger partial charge is 0.493 e. The third-order valence-corrected chi connectivity index (χ3v) is 2.39. The van der Waals surface area contributed by atoms with Crippen LogP contribution in [-0.2, 0) is 9.47 Å². The molecule has 1 rings (SSSR count). The number of methoxy groups -OCH3 is 3. The molecule has 0 bridgehead atoms. The van der Waals surface area contributed by atoms with Gasteiger partial charge in [-0.1, -0.05) is 0 Å². The van der Waals surface area contributed by atoms with Crippen LogP contribution in [0.1, 0.15) is 0 Å². The maximum Gasteiger partial charge on any atom is 0.162 e. The standard InChI is InChI=1S/C13H21NO4/c1-15-8-9-18-7-6-14-11-4-5-12(16-2)13(10-11)17-3/h4-5,10,14H,6-9H2,1-3H3. The molecule has 0 saturated heterocycles.